The summed E-state index contributed by atoms with van der Waals surface area (Å²) in [6.45, 7) is 6.02. The second-order valence-corrected chi connectivity index (χ2v) is 15.3. The van der Waals surface area contributed by atoms with Crippen LogP contribution in [0.1, 0.15) is 88.9 Å². The minimum atomic E-state index is -1.15. The van der Waals surface area contributed by atoms with E-state index in [1.54, 1.807) is 39.9 Å². The predicted molar refractivity (Wildman–Crippen MR) is 214 cm³/mol. The monoisotopic (exact) mass is 741 g/mol. The summed E-state index contributed by atoms with van der Waals surface area (Å²) in [6, 6.07) is 3.42. The number of pyridine rings is 1. The number of hydrogen-bond donors (Lipinski definition) is 4. The van der Waals surface area contributed by atoms with Gasteiger partial charge in [-0.3, -0.25) is 14.6 Å². The van der Waals surface area contributed by atoms with E-state index in [1.165, 1.54) is 6.20 Å². The van der Waals surface area contributed by atoms with Crippen LogP contribution in [0.2, 0.25) is 0 Å². The number of rotatable bonds is 28. The number of Topliss-reactive ketones (excluding diaryl/α,β-unsaturated/α-hetero) is 1. The predicted octanol–water partition coefficient (Wildman–Crippen LogP) is 8.10. The zero-order valence-corrected chi connectivity index (χ0v) is 32.2. The van der Waals surface area contributed by atoms with Crippen molar-refractivity contribution >= 4 is 39.4 Å². The maximum Gasteiger partial charge on any atom is 0.407 e. The summed E-state index contributed by atoms with van der Waals surface area (Å²) in [5, 5.41) is 24.0. The van der Waals surface area contributed by atoms with E-state index in [1.807, 2.05) is 19.9 Å². The van der Waals surface area contributed by atoms with Gasteiger partial charge in [0, 0.05) is 54.4 Å². The Balaban J connectivity index is 2.30. The molecular formula is C40H59N3O6S2. The molecule has 1 aromatic heterocycles. The van der Waals surface area contributed by atoms with Gasteiger partial charge >= 0.3 is 6.09 Å². The number of amides is 2. The topological polar surface area (TPSA) is 138 Å². The van der Waals surface area contributed by atoms with Crippen molar-refractivity contribution in [3.63, 3.8) is 0 Å². The number of hydrogen-bond acceptors (Lipinski definition) is 9. The molecule has 51 heavy (non-hydrogen) atoms. The lowest BCUT2D eigenvalue weighted by atomic mass is 9.88. The van der Waals surface area contributed by atoms with E-state index in [2.05, 4.69) is 89.4 Å². The largest absolute Gasteiger partial charge is 0.447 e. The number of aliphatic hydroxyl groups is 2. The number of carbonyl (C=O) groups is 3. The van der Waals surface area contributed by atoms with Gasteiger partial charge in [-0.2, -0.15) is 0 Å². The third-order valence-corrected chi connectivity index (χ3v) is 10.8. The maximum absolute atomic E-state index is 13.0. The van der Waals surface area contributed by atoms with Crippen LogP contribution in [0.25, 0.3) is 0 Å². The number of alkyl carbamates (subject to hydrolysis) is 1. The number of carbonyl (C=O) groups excluding carboxylic acids is 3. The molecular weight excluding hydrogens is 683 g/mol. The summed E-state index contributed by atoms with van der Waals surface area (Å²) in [7, 11) is 3.19. The smallest absolute Gasteiger partial charge is 0.407 e. The molecule has 0 fully saturated rings. The van der Waals surface area contributed by atoms with Crippen LogP contribution in [0, 0.1) is 5.92 Å². The van der Waals surface area contributed by atoms with Crippen LogP contribution in [0.15, 0.2) is 97.4 Å². The van der Waals surface area contributed by atoms with Crippen molar-refractivity contribution < 1.29 is 29.3 Å². The summed E-state index contributed by atoms with van der Waals surface area (Å²) in [4.78, 5) is 41.5. The first-order valence-electron chi connectivity index (χ1n) is 17.8. The third kappa shape index (κ3) is 25.3. The minimum absolute atomic E-state index is 0.00774. The fourth-order valence-electron chi connectivity index (χ4n) is 4.35. The Labute approximate surface area is 313 Å². The summed E-state index contributed by atoms with van der Waals surface area (Å²) < 4.78 is 4.52. The molecule has 2 amide bonds. The molecule has 0 saturated heterocycles. The Bertz CT molecular complexity index is 1280. The van der Waals surface area contributed by atoms with Gasteiger partial charge in [-0.05, 0) is 76.8 Å². The minimum Gasteiger partial charge on any atom is -0.447 e. The Hall–Kier alpha value is -3.38. The molecule has 0 spiro atoms. The number of aliphatic hydroxyl groups excluding tert-OH is 2. The van der Waals surface area contributed by atoms with Crippen molar-refractivity contribution in [2.75, 3.05) is 32.1 Å². The molecule has 0 unspecified atom stereocenters. The van der Waals surface area contributed by atoms with Gasteiger partial charge in [0.05, 0.1) is 6.61 Å². The molecule has 282 valence electrons. The fourth-order valence-corrected chi connectivity index (χ4v) is 7.05. The van der Waals surface area contributed by atoms with E-state index < -0.39 is 23.6 Å². The molecule has 2 atom stereocenters. The van der Waals surface area contributed by atoms with Gasteiger partial charge in [0.2, 0.25) is 5.91 Å². The molecule has 11 heteroatoms. The van der Waals surface area contributed by atoms with E-state index in [-0.39, 0.29) is 37.2 Å². The number of ketones is 1. The first-order chi connectivity index (χ1) is 24.7. The first kappa shape index (κ1) is 45.6. The van der Waals surface area contributed by atoms with Crippen LogP contribution in [0.4, 0.5) is 4.79 Å². The Kier molecular flexibility index (Phi) is 27.1. The lowest BCUT2D eigenvalue weighted by molar-refractivity contribution is -0.120. The molecule has 1 aromatic rings. The molecule has 0 aromatic carbocycles. The van der Waals surface area contributed by atoms with E-state index in [9.17, 15) is 19.5 Å². The Morgan fingerprint density at radius 2 is 1.49 bits per heavy atom. The van der Waals surface area contributed by atoms with Gasteiger partial charge in [0.25, 0.3) is 0 Å². The van der Waals surface area contributed by atoms with E-state index in [0.29, 0.717) is 30.7 Å². The number of aromatic nitrogens is 1. The highest BCUT2D eigenvalue weighted by Crippen LogP contribution is 2.42. The molecule has 0 aliphatic carbocycles. The number of allylic oxidation sites excluding steroid dienone is 12. The van der Waals surface area contributed by atoms with Crippen LogP contribution in [0.5, 0.6) is 0 Å². The first-order valence-corrected chi connectivity index (χ1v) is 20.1. The zero-order valence-electron chi connectivity index (χ0n) is 30.6. The molecule has 0 radical (unpaired) electrons. The quantitative estimate of drug-likeness (QED) is 0.0291. The third-order valence-electron chi connectivity index (χ3n) is 7.42. The molecule has 0 saturated carbocycles. The highest BCUT2D eigenvalue weighted by atomic mass is 33.1. The highest BCUT2D eigenvalue weighted by molar-refractivity contribution is 8.77. The van der Waals surface area contributed by atoms with Crippen LogP contribution in [-0.2, 0) is 9.53 Å². The van der Waals surface area contributed by atoms with Crippen molar-refractivity contribution in [1.29, 1.82) is 0 Å². The van der Waals surface area contributed by atoms with E-state index in [4.69, 9.17) is 9.84 Å². The Morgan fingerprint density at radius 1 is 0.902 bits per heavy atom. The summed E-state index contributed by atoms with van der Waals surface area (Å²) >= 11 is 0. The Morgan fingerprint density at radius 3 is 2.04 bits per heavy atom. The van der Waals surface area contributed by atoms with Gasteiger partial charge < -0.3 is 25.6 Å². The molecule has 0 aliphatic heterocycles. The van der Waals surface area contributed by atoms with Crippen molar-refractivity contribution in [3.05, 3.63) is 103 Å². The summed E-state index contributed by atoms with van der Waals surface area (Å²) in [5.74, 6) is 0.344. The SMILES string of the molecule is CC/C=C\C/C=C\C/C=C\C/C=C\C/C=C\C/C=C\CCC(=O)NCCSSC(C)(C)[C@@H](CNC(=O)OC[C@@H](O)CO)CC(=O)c1cccnc1. The van der Waals surface area contributed by atoms with Crippen LogP contribution < -0.4 is 10.6 Å². The van der Waals surface area contributed by atoms with Crippen LogP contribution in [-0.4, -0.2) is 75.9 Å². The van der Waals surface area contributed by atoms with Gasteiger partial charge in [-0.15, -0.1) is 0 Å². The van der Waals surface area contributed by atoms with E-state index in [0.717, 1.165) is 38.5 Å². The van der Waals surface area contributed by atoms with Crippen molar-refractivity contribution in [1.82, 2.24) is 15.6 Å². The van der Waals surface area contributed by atoms with Crippen molar-refractivity contribution in [3.8, 4) is 0 Å². The van der Waals surface area contributed by atoms with Crippen molar-refractivity contribution in [2.45, 2.75) is 89.4 Å². The van der Waals surface area contributed by atoms with Gasteiger partial charge in [-0.1, -0.05) is 101 Å². The lowest BCUT2D eigenvalue weighted by Gasteiger charge is -2.33. The average molecular weight is 742 g/mol. The second kappa shape index (κ2) is 30.3. The molecule has 4 N–H and O–H groups in total. The fraction of sp³-hybridized carbons (Fsp3) is 0.500. The molecule has 1 rings (SSSR count). The number of ether oxygens (including phenoxy) is 1. The molecule has 9 nitrogen and oxygen atoms in total. The van der Waals surface area contributed by atoms with Gasteiger partial charge in [0.1, 0.15) is 12.7 Å². The summed E-state index contributed by atoms with van der Waals surface area (Å²) in [6.07, 6.45) is 34.2. The standard InChI is InChI=1S/C40H59N3O6S2/c1-4-5-6-7-8-9-10-11-12-13-14-15-16-17-18-19-20-21-22-25-38(47)42-27-28-50-51-40(2,3)35(29-37(46)34-24-23-26-41-30-34)31-43-39(48)49-33-36(45)32-44/h5-6,8-9,11-12,14-15,17-18,20-21,23-24,26,30,35-36,44-45H,4,7,10,13,16,19,22,25,27-29,31-33H2,1-3H3,(H,42,47)(H,43,48)/b6-5-,9-8-,12-11-,15-14-,18-17-,21-20-/t35-,36+/m1/s1. The normalized spacial score (nSPS) is 13.7. The average Bonchev–Trinajstić information content (AvgIpc) is 3.13. The molecule has 1 heterocycles. The summed E-state index contributed by atoms with van der Waals surface area (Å²) in [5.41, 5.74) is 0.497. The highest BCUT2D eigenvalue weighted by Gasteiger charge is 2.33. The van der Waals surface area contributed by atoms with E-state index >= 15 is 0 Å². The van der Waals surface area contributed by atoms with Crippen LogP contribution in [0.3, 0.4) is 0 Å². The zero-order chi connectivity index (χ0) is 37.4. The second-order valence-electron chi connectivity index (χ2n) is 12.2. The van der Waals surface area contributed by atoms with Crippen LogP contribution >= 0.6 is 21.6 Å². The van der Waals surface area contributed by atoms with Gasteiger partial charge in [0.15, 0.2) is 5.78 Å². The van der Waals surface area contributed by atoms with Crippen molar-refractivity contribution in [2.24, 2.45) is 5.92 Å². The number of nitrogens with zero attached hydrogens (tertiary/aromatic N) is 1. The molecule has 0 bridgehead atoms. The maximum atomic E-state index is 13.0. The van der Waals surface area contributed by atoms with Gasteiger partial charge in [-0.25, -0.2) is 4.79 Å². The molecule has 0 aliphatic rings. The number of nitrogens with one attached hydrogen (secondary N) is 2. The lowest BCUT2D eigenvalue weighted by Crippen LogP contribution is -2.40.